The number of hydrazine groups is 1. The summed E-state index contributed by atoms with van der Waals surface area (Å²) in [5.74, 6) is 3.74. The van der Waals surface area contributed by atoms with Gasteiger partial charge in [-0.3, -0.25) is 4.55 Å². The van der Waals surface area contributed by atoms with Gasteiger partial charge in [0.1, 0.15) is 4.90 Å². The number of hydrogen-bond acceptors (Lipinski definition) is 5. The van der Waals surface area contributed by atoms with E-state index in [9.17, 15) is 13.2 Å². The van der Waals surface area contributed by atoms with Crippen LogP contribution >= 0.6 is 12.2 Å². The zero-order chi connectivity index (χ0) is 13.9. The molecule has 0 spiro atoms. The zero-order valence-electron chi connectivity index (χ0n) is 8.75. The highest BCUT2D eigenvalue weighted by Gasteiger charge is 2.18. The molecule has 0 bridgehead atoms. The highest BCUT2D eigenvalue weighted by molar-refractivity contribution is 7.86. The number of anilines is 1. The lowest BCUT2D eigenvalue weighted by molar-refractivity contribution is 0.0697. The summed E-state index contributed by atoms with van der Waals surface area (Å²) in [4.78, 5) is 10.2. The lowest BCUT2D eigenvalue weighted by atomic mass is 10.2. The Hall–Kier alpha value is -1.75. The second-order valence-corrected chi connectivity index (χ2v) is 4.89. The highest BCUT2D eigenvalue weighted by Crippen LogP contribution is 2.22. The van der Waals surface area contributed by atoms with Crippen LogP contribution in [0.1, 0.15) is 10.4 Å². The van der Waals surface area contributed by atoms with Crippen LogP contribution in [-0.4, -0.2) is 29.2 Å². The fraction of sp³-hybridized carbons (Fsp3) is 0. The maximum atomic E-state index is 11.1. The third kappa shape index (κ3) is 3.37. The first-order valence-electron chi connectivity index (χ1n) is 4.38. The van der Waals surface area contributed by atoms with Crippen LogP contribution in [0.15, 0.2) is 23.1 Å². The Morgan fingerprint density at radius 2 is 2.00 bits per heavy atom. The molecule has 0 heterocycles. The number of thiocarbonyl (C=S) groups is 1. The average molecular weight is 291 g/mol. The maximum absolute atomic E-state index is 11.1. The van der Waals surface area contributed by atoms with Gasteiger partial charge in [-0.15, -0.1) is 0 Å². The summed E-state index contributed by atoms with van der Waals surface area (Å²) in [6.45, 7) is 0. The second kappa shape index (κ2) is 5.27. The number of aromatic carboxylic acids is 1. The van der Waals surface area contributed by atoms with E-state index < -0.39 is 21.0 Å². The first-order chi connectivity index (χ1) is 8.25. The number of nitrogens with one attached hydrogen (secondary N) is 2. The van der Waals surface area contributed by atoms with Gasteiger partial charge in [-0.05, 0) is 30.4 Å². The molecule has 1 aromatic carbocycles. The molecule has 1 rings (SSSR count). The van der Waals surface area contributed by atoms with Gasteiger partial charge in [0.25, 0.3) is 10.1 Å². The summed E-state index contributed by atoms with van der Waals surface area (Å²) in [6.07, 6.45) is 0. The SMILES string of the molecule is NNC(=S)Nc1cc(C(=O)O)ccc1S(=O)(=O)O. The maximum Gasteiger partial charge on any atom is 0.335 e. The predicted octanol–water partition coefficient (Wildman–Crippen LogP) is -0.208. The molecular formula is C8H9N3O5S2. The van der Waals surface area contributed by atoms with Crippen LogP contribution in [0, 0.1) is 0 Å². The van der Waals surface area contributed by atoms with Gasteiger partial charge in [0, 0.05) is 0 Å². The number of carboxylic acid groups (broad SMARTS) is 1. The van der Waals surface area contributed by atoms with Crippen LogP contribution < -0.4 is 16.6 Å². The van der Waals surface area contributed by atoms with Crippen molar-refractivity contribution >= 4 is 39.1 Å². The van der Waals surface area contributed by atoms with Crippen molar-refractivity contribution in [1.29, 1.82) is 0 Å². The number of benzene rings is 1. The Labute approximate surface area is 108 Å². The van der Waals surface area contributed by atoms with Crippen molar-refractivity contribution in [1.82, 2.24) is 5.43 Å². The van der Waals surface area contributed by atoms with Crippen molar-refractivity contribution in [3.05, 3.63) is 23.8 Å². The van der Waals surface area contributed by atoms with E-state index in [4.69, 9.17) is 15.5 Å². The molecular weight excluding hydrogens is 282 g/mol. The smallest absolute Gasteiger partial charge is 0.335 e. The molecule has 18 heavy (non-hydrogen) atoms. The Balaban J connectivity index is 3.36. The van der Waals surface area contributed by atoms with Crippen LogP contribution in [-0.2, 0) is 10.1 Å². The van der Waals surface area contributed by atoms with E-state index in [2.05, 4.69) is 17.5 Å². The molecule has 0 radical (unpaired) electrons. The standard InChI is InChI=1S/C8H9N3O5S2/c9-11-8(17)10-5-3-4(7(12)13)1-2-6(5)18(14,15)16/h1-3H,9H2,(H,12,13)(H2,10,11,17)(H,14,15,16). The molecule has 98 valence electrons. The van der Waals surface area contributed by atoms with Gasteiger partial charge < -0.3 is 15.8 Å². The normalized spacial score (nSPS) is 10.8. The Kier molecular flexibility index (Phi) is 4.19. The summed E-state index contributed by atoms with van der Waals surface area (Å²) < 4.78 is 31.1. The number of rotatable bonds is 3. The van der Waals surface area contributed by atoms with E-state index in [1.807, 2.05) is 5.43 Å². The Bertz CT molecular complexity index is 599. The number of hydrogen-bond donors (Lipinski definition) is 5. The van der Waals surface area contributed by atoms with E-state index in [1.54, 1.807) is 0 Å². The van der Waals surface area contributed by atoms with Gasteiger partial charge in [0.15, 0.2) is 5.11 Å². The number of carbonyl (C=O) groups is 1. The van der Waals surface area contributed by atoms with E-state index in [1.165, 1.54) is 0 Å². The fourth-order valence-electron chi connectivity index (χ4n) is 1.14. The van der Waals surface area contributed by atoms with Gasteiger partial charge in [0.05, 0.1) is 11.3 Å². The predicted molar refractivity (Wildman–Crippen MR) is 66.8 cm³/mol. The molecule has 0 unspecified atom stereocenters. The first kappa shape index (κ1) is 14.3. The Morgan fingerprint density at radius 1 is 1.39 bits per heavy atom. The Morgan fingerprint density at radius 3 is 2.44 bits per heavy atom. The zero-order valence-corrected chi connectivity index (χ0v) is 10.4. The minimum atomic E-state index is -4.51. The molecule has 0 aromatic heterocycles. The fourth-order valence-corrected chi connectivity index (χ4v) is 1.88. The molecule has 0 atom stereocenters. The van der Waals surface area contributed by atoms with Crippen molar-refractivity contribution in [2.75, 3.05) is 5.32 Å². The summed E-state index contributed by atoms with van der Waals surface area (Å²) in [5, 5.41) is 11.0. The van der Waals surface area contributed by atoms with Crippen LogP contribution in [0.2, 0.25) is 0 Å². The van der Waals surface area contributed by atoms with Gasteiger partial charge >= 0.3 is 5.97 Å². The third-order valence-electron chi connectivity index (χ3n) is 1.88. The van der Waals surface area contributed by atoms with Crippen LogP contribution in [0.3, 0.4) is 0 Å². The van der Waals surface area contributed by atoms with Gasteiger partial charge in [-0.25, -0.2) is 10.6 Å². The van der Waals surface area contributed by atoms with E-state index in [0.717, 1.165) is 18.2 Å². The molecule has 10 heteroatoms. The second-order valence-electron chi connectivity index (χ2n) is 3.09. The quantitative estimate of drug-likeness (QED) is 0.221. The molecule has 6 N–H and O–H groups in total. The molecule has 0 saturated heterocycles. The summed E-state index contributed by atoms with van der Waals surface area (Å²) >= 11 is 4.66. The molecule has 0 aliphatic rings. The minimum Gasteiger partial charge on any atom is -0.478 e. The minimum absolute atomic E-state index is 0.137. The molecule has 0 aliphatic carbocycles. The van der Waals surface area contributed by atoms with Crippen molar-refractivity contribution < 1.29 is 22.9 Å². The van der Waals surface area contributed by atoms with Gasteiger partial charge in [0.2, 0.25) is 0 Å². The number of carboxylic acids is 1. The van der Waals surface area contributed by atoms with Crippen LogP contribution in [0.25, 0.3) is 0 Å². The molecule has 8 nitrogen and oxygen atoms in total. The average Bonchev–Trinajstić information content (AvgIpc) is 2.27. The topological polar surface area (TPSA) is 142 Å². The van der Waals surface area contributed by atoms with Gasteiger partial charge in [-0.1, -0.05) is 0 Å². The molecule has 0 saturated carbocycles. The molecule has 0 amide bonds. The molecule has 1 aromatic rings. The van der Waals surface area contributed by atoms with Crippen LogP contribution in [0.5, 0.6) is 0 Å². The largest absolute Gasteiger partial charge is 0.478 e. The highest BCUT2D eigenvalue weighted by atomic mass is 32.2. The monoisotopic (exact) mass is 291 g/mol. The van der Waals surface area contributed by atoms with Crippen molar-refractivity contribution in [3.8, 4) is 0 Å². The first-order valence-corrected chi connectivity index (χ1v) is 6.23. The van der Waals surface area contributed by atoms with Gasteiger partial charge in [-0.2, -0.15) is 8.42 Å². The van der Waals surface area contributed by atoms with Crippen molar-refractivity contribution in [2.45, 2.75) is 4.90 Å². The summed E-state index contributed by atoms with van der Waals surface area (Å²) in [5.41, 5.74) is 1.67. The number of nitrogens with two attached hydrogens (primary N) is 1. The van der Waals surface area contributed by atoms with E-state index in [0.29, 0.717) is 0 Å². The molecule has 0 fully saturated rings. The lowest BCUT2D eigenvalue weighted by Crippen LogP contribution is -2.34. The van der Waals surface area contributed by atoms with Crippen LogP contribution in [0.4, 0.5) is 5.69 Å². The van der Waals surface area contributed by atoms with Crippen molar-refractivity contribution in [2.24, 2.45) is 5.84 Å². The summed E-state index contributed by atoms with van der Waals surface area (Å²) in [6, 6.07) is 2.99. The van der Waals surface area contributed by atoms with Crippen molar-refractivity contribution in [3.63, 3.8) is 0 Å². The van der Waals surface area contributed by atoms with E-state index >= 15 is 0 Å². The van der Waals surface area contributed by atoms with E-state index in [-0.39, 0.29) is 16.4 Å². The lowest BCUT2D eigenvalue weighted by Gasteiger charge is -2.11. The third-order valence-corrected chi connectivity index (χ3v) is 3.02. The summed E-state index contributed by atoms with van der Waals surface area (Å²) in [7, 11) is -4.51. The molecule has 0 aliphatic heterocycles.